The SMILES string of the molecule is COc1cc(/C=N\NC(=O)COc2ccccc2F)ccc1OS(=O)(=O)c1cc(C)ccc1C. The van der Waals surface area contributed by atoms with Crippen molar-refractivity contribution in [2.45, 2.75) is 18.7 Å². The topological polar surface area (TPSA) is 103 Å². The van der Waals surface area contributed by atoms with Gasteiger partial charge < -0.3 is 13.7 Å². The third-order valence-corrected chi connectivity index (χ3v) is 5.98. The molecule has 0 saturated carbocycles. The van der Waals surface area contributed by atoms with Crippen LogP contribution in [0.2, 0.25) is 0 Å². The number of carbonyl (C=O) groups is 1. The van der Waals surface area contributed by atoms with Gasteiger partial charge in [0.05, 0.1) is 13.3 Å². The van der Waals surface area contributed by atoms with E-state index in [2.05, 4.69) is 10.5 Å². The van der Waals surface area contributed by atoms with Crippen molar-refractivity contribution >= 4 is 22.2 Å². The predicted octanol–water partition coefficient (Wildman–Crippen LogP) is 3.75. The monoisotopic (exact) mass is 486 g/mol. The van der Waals surface area contributed by atoms with Gasteiger partial charge >= 0.3 is 10.1 Å². The first kappa shape index (κ1) is 24.7. The van der Waals surface area contributed by atoms with Gasteiger partial charge in [-0.1, -0.05) is 24.3 Å². The molecule has 0 aromatic heterocycles. The van der Waals surface area contributed by atoms with Crippen LogP contribution in [0.15, 0.2) is 70.7 Å². The standard InChI is InChI=1S/C24H23FN2O6S/c1-16-8-9-17(2)23(12-16)34(29,30)33-21-11-10-18(13-22(21)31-3)14-26-27-24(28)15-32-20-7-5-4-6-19(20)25/h4-14H,15H2,1-3H3,(H,27,28)/b26-14-. The molecule has 0 spiro atoms. The fourth-order valence-corrected chi connectivity index (χ4v) is 4.15. The van der Waals surface area contributed by atoms with Gasteiger partial charge in [-0.3, -0.25) is 4.79 Å². The smallest absolute Gasteiger partial charge is 0.339 e. The Kier molecular flexibility index (Phi) is 7.85. The van der Waals surface area contributed by atoms with E-state index in [-0.39, 0.29) is 22.1 Å². The molecule has 1 N–H and O–H groups in total. The Labute approximate surface area is 197 Å². The normalized spacial score (nSPS) is 11.3. The molecule has 0 aliphatic heterocycles. The average Bonchev–Trinajstić information content (AvgIpc) is 2.80. The summed E-state index contributed by atoms with van der Waals surface area (Å²) >= 11 is 0. The van der Waals surface area contributed by atoms with Crippen molar-refractivity contribution in [3.63, 3.8) is 0 Å². The maximum absolute atomic E-state index is 13.5. The summed E-state index contributed by atoms with van der Waals surface area (Å²) in [7, 11) is -2.71. The molecule has 3 rings (SSSR count). The van der Waals surface area contributed by atoms with E-state index in [1.165, 1.54) is 49.7 Å². The largest absolute Gasteiger partial charge is 0.493 e. The molecule has 0 aliphatic rings. The summed E-state index contributed by atoms with van der Waals surface area (Å²) in [5, 5.41) is 3.81. The van der Waals surface area contributed by atoms with Crippen LogP contribution in [-0.2, 0) is 14.9 Å². The first-order chi connectivity index (χ1) is 16.2. The van der Waals surface area contributed by atoms with E-state index in [0.717, 1.165) is 5.56 Å². The second-order valence-electron chi connectivity index (χ2n) is 7.23. The predicted molar refractivity (Wildman–Crippen MR) is 124 cm³/mol. The molecule has 0 saturated heterocycles. The van der Waals surface area contributed by atoms with Gasteiger partial charge in [0.2, 0.25) is 0 Å². The fraction of sp³-hybridized carbons (Fsp3) is 0.167. The third kappa shape index (κ3) is 6.32. The van der Waals surface area contributed by atoms with Crippen molar-refractivity contribution in [2.24, 2.45) is 5.10 Å². The lowest BCUT2D eigenvalue weighted by Gasteiger charge is -2.13. The Bertz CT molecular complexity index is 1320. The van der Waals surface area contributed by atoms with E-state index in [1.807, 2.05) is 6.07 Å². The molecule has 8 nitrogen and oxygen atoms in total. The molecule has 0 heterocycles. The van der Waals surface area contributed by atoms with Crippen LogP contribution in [0.4, 0.5) is 4.39 Å². The molecule has 1 amide bonds. The number of benzene rings is 3. The van der Waals surface area contributed by atoms with Crippen molar-refractivity contribution in [2.75, 3.05) is 13.7 Å². The quantitative estimate of drug-likeness (QED) is 0.281. The summed E-state index contributed by atoms with van der Waals surface area (Å²) < 4.78 is 54.7. The molecule has 0 fully saturated rings. The fourth-order valence-electron chi connectivity index (χ4n) is 2.89. The summed E-state index contributed by atoms with van der Waals surface area (Å²) in [4.78, 5) is 11.9. The van der Waals surface area contributed by atoms with Crippen molar-refractivity contribution in [1.29, 1.82) is 0 Å². The van der Waals surface area contributed by atoms with Crippen molar-refractivity contribution in [3.05, 3.63) is 83.2 Å². The highest BCUT2D eigenvalue weighted by Gasteiger charge is 2.21. The van der Waals surface area contributed by atoms with Gasteiger partial charge in [0.1, 0.15) is 4.90 Å². The third-order valence-electron chi connectivity index (χ3n) is 4.60. The molecule has 0 atom stereocenters. The second-order valence-corrected chi connectivity index (χ2v) is 8.74. The molecule has 34 heavy (non-hydrogen) atoms. The first-order valence-corrected chi connectivity index (χ1v) is 11.5. The van der Waals surface area contributed by atoms with Gasteiger partial charge in [-0.15, -0.1) is 0 Å². The molecule has 3 aromatic carbocycles. The minimum Gasteiger partial charge on any atom is -0.493 e. The van der Waals surface area contributed by atoms with E-state index >= 15 is 0 Å². The number of nitrogens with zero attached hydrogens (tertiary/aromatic N) is 1. The van der Waals surface area contributed by atoms with E-state index in [1.54, 1.807) is 32.0 Å². The highest BCUT2D eigenvalue weighted by molar-refractivity contribution is 7.87. The number of hydrogen-bond acceptors (Lipinski definition) is 7. The Morgan fingerprint density at radius 2 is 1.79 bits per heavy atom. The number of aryl methyl sites for hydroxylation is 2. The van der Waals surface area contributed by atoms with E-state index in [9.17, 15) is 17.6 Å². The van der Waals surface area contributed by atoms with E-state index < -0.39 is 28.4 Å². The number of nitrogens with one attached hydrogen (secondary N) is 1. The number of hydrogen-bond donors (Lipinski definition) is 1. The average molecular weight is 487 g/mol. The highest BCUT2D eigenvalue weighted by Crippen LogP contribution is 2.31. The number of para-hydroxylation sites is 1. The zero-order chi connectivity index (χ0) is 24.7. The number of methoxy groups -OCH3 is 1. The highest BCUT2D eigenvalue weighted by atomic mass is 32.2. The van der Waals surface area contributed by atoms with Gasteiger partial charge in [-0.2, -0.15) is 13.5 Å². The number of hydrazone groups is 1. The zero-order valence-electron chi connectivity index (χ0n) is 18.7. The van der Waals surface area contributed by atoms with Gasteiger partial charge in [0, 0.05) is 0 Å². The van der Waals surface area contributed by atoms with Crippen LogP contribution < -0.4 is 19.1 Å². The number of halogens is 1. The molecular weight excluding hydrogens is 463 g/mol. The van der Waals surface area contributed by atoms with Crippen LogP contribution in [0.3, 0.4) is 0 Å². The number of amides is 1. The van der Waals surface area contributed by atoms with Gasteiger partial charge in [-0.05, 0) is 66.9 Å². The van der Waals surface area contributed by atoms with Crippen LogP contribution in [0.5, 0.6) is 17.2 Å². The maximum atomic E-state index is 13.5. The van der Waals surface area contributed by atoms with Crippen molar-refractivity contribution < 1.29 is 31.3 Å². The molecular formula is C24H23FN2O6S. The summed E-state index contributed by atoms with van der Waals surface area (Å²) in [6.07, 6.45) is 1.33. The Morgan fingerprint density at radius 1 is 1.03 bits per heavy atom. The number of ether oxygens (including phenoxy) is 2. The lowest BCUT2D eigenvalue weighted by Crippen LogP contribution is -2.24. The van der Waals surface area contributed by atoms with E-state index in [0.29, 0.717) is 11.1 Å². The summed E-state index contributed by atoms with van der Waals surface area (Å²) in [5.74, 6) is -1.05. The van der Waals surface area contributed by atoms with Crippen LogP contribution in [0, 0.1) is 19.7 Å². The maximum Gasteiger partial charge on any atom is 0.339 e. The summed E-state index contributed by atoms with van der Waals surface area (Å²) in [6.45, 7) is 3.05. The minimum absolute atomic E-state index is 0.00267. The lowest BCUT2D eigenvalue weighted by atomic mass is 10.2. The first-order valence-electron chi connectivity index (χ1n) is 10.1. The minimum atomic E-state index is -4.08. The molecule has 0 unspecified atom stereocenters. The van der Waals surface area contributed by atoms with Gasteiger partial charge in [0.15, 0.2) is 29.7 Å². The molecule has 0 bridgehead atoms. The molecule has 178 valence electrons. The summed E-state index contributed by atoms with van der Waals surface area (Å²) in [6, 6.07) is 15.2. The molecule has 10 heteroatoms. The molecule has 0 radical (unpaired) electrons. The Hall–Kier alpha value is -3.92. The van der Waals surface area contributed by atoms with Crippen LogP contribution >= 0.6 is 0 Å². The van der Waals surface area contributed by atoms with Crippen LogP contribution in [0.25, 0.3) is 0 Å². The Balaban J connectivity index is 1.65. The van der Waals surface area contributed by atoms with Crippen molar-refractivity contribution in [3.8, 4) is 17.2 Å². The van der Waals surface area contributed by atoms with Crippen LogP contribution in [-0.4, -0.2) is 34.3 Å². The lowest BCUT2D eigenvalue weighted by molar-refractivity contribution is -0.123. The van der Waals surface area contributed by atoms with E-state index in [4.69, 9.17) is 13.7 Å². The molecule has 0 aliphatic carbocycles. The van der Waals surface area contributed by atoms with Crippen molar-refractivity contribution in [1.82, 2.24) is 5.43 Å². The Morgan fingerprint density at radius 3 is 2.53 bits per heavy atom. The second kappa shape index (κ2) is 10.8. The molecule has 3 aromatic rings. The number of carbonyl (C=O) groups excluding carboxylic acids is 1. The summed E-state index contributed by atoms with van der Waals surface area (Å²) in [5.41, 5.74) is 4.11. The number of rotatable bonds is 9. The van der Waals surface area contributed by atoms with Crippen LogP contribution in [0.1, 0.15) is 16.7 Å². The van der Waals surface area contributed by atoms with Gasteiger partial charge in [-0.25, -0.2) is 9.82 Å². The zero-order valence-corrected chi connectivity index (χ0v) is 19.6. The van der Waals surface area contributed by atoms with Gasteiger partial charge in [0.25, 0.3) is 5.91 Å².